The number of hydrogen-bond donors (Lipinski definition) is 1. The number of nitrogens with one attached hydrogen (secondary N) is 1. The van der Waals surface area contributed by atoms with E-state index in [1.165, 1.54) is 0 Å². The van der Waals surface area contributed by atoms with Crippen LogP contribution < -0.4 is 10.1 Å². The van der Waals surface area contributed by atoms with E-state index < -0.39 is 5.97 Å². The van der Waals surface area contributed by atoms with E-state index in [-0.39, 0.29) is 12.5 Å². The molecule has 0 fully saturated rings. The lowest BCUT2D eigenvalue weighted by Crippen LogP contribution is -2.14. The highest BCUT2D eigenvalue weighted by Crippen LogP contribution is 2.26. The summed E-state index contributed by atoms with van der Waals surface area (Å²) in [5, 5.41) is 2.72. The van der Waals surface area contributed by atoms with Crippen molar-refractivity contribution in [3.63, 3.8) is 0 Å². The normalized spacial score (nSPS) is 12.9. The fraction of sp³-hybridized carbons (Fsp3) is 0.333. The molecule has 17 heavy (non-hydrogen) atoms. The quantitative estimate of drug-likeness (QED) is 0.794. The molecule has 0 saturated carbocycles. The Labute approximate surface area is 98.7 Å². The number of fused-ring (bicyclic) bond motifs is 1. The Bertz CT molecular complexity index is 456. The second-order valence-electron chi connectivity index (χ2n) is 3.64. The Hall–Kier alpha value is -2.04. The van der Waals surface area contributed by atoms with Crippen molar-refractivity contribution in [1.29, 1.82) is 0 Å². The molecule has 1 aromatic carbocycles. The smallest absolute Gasteiger partial charge is 0.344 e. The van der Waals surface area contributed by atoms with E-state index in [0.717, 1.165) is 11.3 Å². The van der Waals surface area contributed by atoms with Crippen LogP contribution in [-0.2, 0) is 20.7 Å². The van der Waals surface area contributed by atoms with Gasteiger partial charge in [-0.05, 0) is 30.7 Å². The monoisotopic (exact) mass is 235 g/mol. The highest BCUT2D eigenvalue weighted by molar-refractivity contribution is 5.99. The summed E-state index contributed by atoms with van der Waals surface area (Å²) in [6, 6.07) is 5.23. The first-order chi connectivity index (χ1) is 8.19. The number of carbonyl (C=O) groups is 2. The average Bonchev–Trinajstić information content (AvgIpc) is 2.66. The first-order valence-corrected chi connectivity index (χ1v) is 5.40. The predicted octanol–water partition coefficient (Wildman–Crippen LogP) is 1.12. The predicted molar refractivity (Wildman–Crippen MR) is 60.9 cm³/mol. The second-order valence-corrected chi connectivity index (χ2v) is 3.64. The Morgan fingerprint density at radius 1 is 1.47 bits per heavy atom. The van der Waals surface area contributed by atoms with E-state index in [4.69, 9.17) is 9.47 Å². The molecule has 0 spiro atoms. The molecule has 0 saturated heterocycles. The van der Waals surface area contributed by atoms with E-state index >= 15 is 0 Å². The molecule has 0 aliphatic carbocycles. The van der Waals surface area contributed by atoms with Gasteiger partial charge >= 0.3 is 5.97 Å². The van der Waals surface area contributed by atoms with Crippen molar-refractivity contribution in [2.24, 2.45) is 0 Å². The summed E-state index contributed by atoms with van der Waals surface area (Å²) in [5.74, 6) is 0.137. The zero-order valence-electron chi connectivity index (χ0n) is 9.49. The van der Waals surface area contributed by atoms with E-state index in [9.17, 15) is 9.59 Å². The zero-order chi connectivity index (χ0) is 12.3. The summed E-state index contributed by atoms with van der Waals surface area (Å²) in [6.07, 6.45) is 0.353. The molecule has 0 atom stereocenters. The van der Waals surface area contributed by atoms with Crippen molar-refractivity contribution in [2.45, 2.75) is 13.3 Å². The van der Waals surface area contributed by atoms with Crippen LogP contribution >= 0.6 is 0 Å². The Balaban J connectivity index is 1.97. The number of ether oxygens (including phenoxy) is 2. The Morgan fingerprint density at radius 3 is 3.06 bits per heavy atom. The van der Waals surface area contributed by atoms with Gasteiger partial charge in [-0.25, -0.2) is 4.79 Å². The maximum absolute atomic E-state index is 11.1. The summed E-state index contributed by atoms with van der Waals surface area (Å²) in [4.78, 5) is 22.2. The van der Waals surface area contributed by atoms with Gasteiger partial charge in [0.2, 0.25) is 5.91 Å². The van der Waals surface area contributed by atoms with E-state index in [1.54, 1.807) is 25.1 Å². The summed E-state index contributed by atoms with van der Waals surface area (Å²) in [5.41, 5.74) is 1.69. The van der Waals surface area contributed by atoms with Crippen molar-refractivity contribution in [2.75, 3.05) is 18.5 Å². The number of anilines is 1. The van der Waals surface area contributed by atoms with Gasteiger partial charge < -0.3 is 14.8 Å². The molecule has 2 rings (SSSR count). The van der Waals surface area contributed by atoms with Crippen LogP contribution in [0.25, 0.3) is 0 Å². The molecule has 90 valence electrons. The molecule has 0 unspecified atom stereocenters. The van der Waals surface area contributed by atoms with Crippen LogP contribution in [-0.4, -0.2) is 25.1 Å². The van der Waals surface area contributed by atoms with Crippen molar-refractivity contribution in [1.82, 2.24) is 0 Å². The third-order valence-corrected chi connectivity index (χ3v) is 2.36. The third-order valence-electron chi connectivity index (χ3n) is 2.36. The fourth-order valence-corrected chi connectivity index (χ4v) is 1.64. The maximum Gasteiger partial charge on any atom is 0.344 e. The van der Waals surface area contributed by atoms with Gasteiger partial charge in [-0.2, -0.15) is 0 Å². The van der Waals surface area contributed by atoms with Crippen LogP contribution in [0.15, 0.2) is 18.2 Å². The van der Waals surface area contributed by atoms with Crippen LogP contribution in [0.5, 0.6) is 5.75 Å². The van der Waals surface area contributed by atoms with Crippen LogP contribution in [0.2, 0.25) is 0 Å². The number of carbonyl (C=O) groups excluding carboxylic acids is 2. The first kappa shape index (κ1) is 11.4. The van der Waals surface area contributed by atoms with Crippen LogP contribution in [0.4, 0.5) is 5.69 Å². The van der Waals surface area contributed by atoms with Gasteiger partial charge in [-0.15, -0.1) is 0 Å². The number of amides is 1. The highest BCUT2D eigenvalue weighted by atomic mass is 16.6. The molecule has 1 heterocycles. The molecule has 0 radical (unpaired) electrons. The zero-order valence-corrected chi connectivity index (χ0v) is 9.49. The minimum absolute atomic E-state index is 0.0254. The van der Waals surface area contributed by atoms with Crippen molar-refractivity contribution >= 4 is 17.6 Å². The lowest BCUT2D eigenvalue weighted by atomic mass is 10.1. The van der Waals surface area contributed by atoms with Crippen molar-refractivity contribution < 1.29 is 19.1 Å². The van der Waals surface area contributed by atoms with Gasteiger partial charge in [0.1, 0.15) is 5.75 Å². The molecule has 1 amide bonds. The number of rotatable bonds is 4. The van der Waals surface area contributed by atoms with Crippen molar-refractivity contribution in [3.05, 3.63) is 23.8 Å². The molecule has 1 N–H and O–H groups in total. The van der Waals surface area contributed by atoms with Gasteiger partial charge in [0.15, 0.2) is 6.61 Å². The molecule has 1 aromatic rings. The lowest BCUT2D eigenvalue weighted by molar-refractivity contribution is -0.145. The number of hydrogen-bond acceptors (Lipinski definition) is 4. The molecular weight excluding hydrogens is 222 g/mol. The van der Waals surface area contributed by atoms with Crippen molar-refractivity contribution in [3.8, 4) is 5.75 Å². The van der Waals surface area contributed by atoms with Gasteiger partial charge in [-0.3, -0.25) is 4.79 Å². The Morgan fingerprint density at radius 2 is 2.29 bits per heavy atom. The summed E-state index contributed by atoms with van der Waals surface area (Å²) < 4.78 is 10.0. The molecule has 5 heteroatoms. The minimum Gasteiger partial charge on any atom is -0.482 e. The SMILES string of the molecule is CCOC(=O)COc1ccc2c(c1)CC(=O)N2. The molecule has 0 aromatic heterocycles. The molecule has 1 aliphatic rings. The standard InChI is InChI=1S/C12H13NO4/c1-2-16-12(15)7-17-9-3-4-10-8(5-9)6-11(14)13-10/h3-5H,2,6-7H2,1H3,(H,13,14). The topological polar surface area (TPSA) is 64.6 Å². The van der Waals surface area contributed by atoms with Crippen LogP contribution in [0, 0.1) is 0 Å². The van der Waals surface area contributed by atoms with Crippen LogP contribution in [0.3, 0.4) is 0 Å². The highest BCUT2D eigenvalue weighted by Gasteiger charge is 2.17. The fourth-order valence-electron chi connectivity index (χ4n) is 1.64. The van der Waals surface area contributed by atoms with Gasteiger partial charge in [0.25, 0.3) is 0 Å². The van der Waals surface area contributed by atoms with E-state index in [0.29, 0.717) is 18.8 Å². The van der Waals surface area contributed by atoms with E-state index in [2.05, 4.69) is 5.32 Å². The molecule has 5 nitrogen and oxygen atoms in total. The summed E-state index contributed by atoms with van der Waals surface area (Å²) >= 11 is 0. The van der Waals surface area contributed by atoms with Gasteiger partial charge in [0.05, 0.1) is 13.0 Å². The largest absolute Gasteiger partial charge is 0.482 e. The summed E-state index contributed by atoms with van der Waals surface area (Å²) in [7, 11) is 0. The average molecular weight is 235 g/mol. The number of benzene rings is 1. The van der Waals surface area contributed by atoms with Crippen LogP contribution in [0.1, 0.15) is 12.5 Å². The number of esters is 1. The molecular formula is C12H13NO4. The second kappa shape index (κ2) is 4.86. The first-order valence-electron chi connectivity index (χ1n) is 5.40. The summed E-state index contributed by atoms with van der Waals surface area (Å²) in [6.45, 7) is 1.96. The van der Waals surface area contributed by atoms with Gasteiger partial charge in [0, 0.05) is 5.69 Å². The van der Waals surface area contributed by atoms with Gasteiger partial charge in [-0.1, -0.05) is 0 Å². The maximum atomic E-state index is 11.1. The molecule has 1 aliphatic heterocycles. The minimum atomic E-state index is -0.401. The lowest BCUT2D eigenvalue weighted by Gasteiger charge is -2.06. The molecule has 0 bridgehead atoms. The van der Waals surface area contributed by atoms with E-state index in [1.807, 2.05) is 0 Å². The third kappa shape index (κ3) is 2.75. The Kier molecular flexibility index (Phi) is 3.27.